The fraction of sp³-hybridized carbons (Fsp3) is 0.333. The number of halogens is 1. The molecule has 96 valence electrons. The number of aromatic amines is 1. The van der Waals surface area contributed by atoms with E-state index in [1.165, 1.54) is 0 Å². The molecule has 0 aliphatic heterocycles. The number of H-pyrrole nitrogens is 1. The van der Waals surface area contributed by atoms with Crippen LogP contribution in [0.3, 0.4) is 0 Å². The number of amides is 1. The van der Waals surface area contributed by atoms with Crippen LogP contribution in [0.15, 0.2) is 15.2 Å². The third-order valence-electron chi connectivity index (χ3n) is 2.73. The number of rotatable bonds is 3. The molecule has 1 amide bonds. The van der Waals surface area contributed by atoms with E-state index in [2.05, 4.69) is 26.1 Å². The van der Waals surface area contributed by atoms with Crippen LogP contribution >= 0.6 is 27.3 Å². The Morgan fingerprint density at radius 2 is 2.28 bits per heavy atom. The van der Waals surface area contributed by atoms with Gasteiger partial charge in [0.15, 0.2) is 0 Å². The molecule has 2 heterocycles. The first-order valence-electron chi connectivity index (χ1n) is 5.49. The van der Waals surface area contributed by atoms with Gasteiger partial charge in [-0.1, -0.05) is 0 Å². The Kier molecular flexibility index (Phi) is 3.87. The maximum atomic E-state index is 12.3. The van der Waals surface area contributed by atoms with Crippen molar-refractivity contribution < 1.29 is 4.79 Å². The van der Waals surface area contributed by atoms with Crippen LogP contribution in [0.5, 0.6) is 0 Å². The zero-order chi connectivity index (χ0) is 13.3. The Morgan fingerprint density at radius 1 is 1.56 bits per heavy atom. The molecular formula is C12H14BrN3OS. The quantitative estimate of drug-likeness (QED) is 0.941. The van der Waals surface area contributed by atoms with Crippen LogP contribution in [0.2, 0.25) is 0 Å². The minimum absolute atomic E-state index is 0.000993. The predicted octanol–water partition coefficient (Wildman–Crippen LogP) is 3.12. The van der Waals surface area contributed by atoms with Crippen LogP contribution in [-0.2, 0) is 6.54 Å². The van der Waals surface area contributed by atoms with Gasteiger partial charge in [-0.25, -0.2) is 0 Å². The van der Waals surface area contributed by atoms with E-state index in [4.69, 9.17) is 0 Å². The third kappa shape index (κ3) is 2.64. The van der Waals surface area contributed by atoms with Gasteiger partial charge >= 0.3 is 0 Å². The number of aryl methyl sites for hydroxylation is 2. The van der Waals surface area contributed by atoms with Crippen molar-refractivity contribution >= 4 is 33.2 Å². The van der Waals surface area contributed by atoms with Gasteiger partial charge in [-0.2, -0.15) is 5.10 Å². The highest BCUT2D eigenvalue weighted by atomic mass is 79.9. The molecule has 0 aliphatic carbocycles. The summed E-state index contributed by atoms with van der Waals surface area (Å²) in [7, 11) is 1.81. The van der Waals surface area contributed by atoms with E-state index in [-0.39, 0.29) is 5.91 Å². The topological polar surface area (TPSA) is 49.0 Å². The summed E-state index contributed by atoms with van der Waals surface area (Å²) in [5.74, 6) is 0.000993. The molecule has 2 aromatic heterocycles. The largest absolute Gasteiger partial charge is 0.337 e. The van der Waals surface area contributed by atoms with Gasteiger partial charge in [0.1, 0.15) is 0 Å². The van der Waals surface area contributed by atoms with Gasteiger partial charge in [0.25, 0.3) is 5.91 Å². The Bertz CT molecular complexity index is 556. The summed E-state index contributed by atoms with van der Waals surface area (Å²) in [5.41, 5.74) is 3.36. The molecule has 0 saturated heterocycles. The first-order chi connectivity index (χ1) is 8.49. The summed E-state index contributed by atoms with van der Waals surface area (Å²) in [4.78, 5) is 14.0. The molecule has 0 aliphatic rings. The lowest BCUT2D eigenvalue weighted by Crippen LogP contribution is -2.26. The standard InChI is InChI=1S/C12H14BrN3OS/c1-7-11(8(2)15-14-7)12(17)16(3)5-9-4-10(13)18-6-9/h4,6H,5H2,1-3H3,(H,14,15). The molecule has 2 rings (SSSR count). The number of nitrogens with zero attached hydrogens (tertiary/aromatic N) is 2. The minimum atomic E-state index is 0.000993. The van der Waals surface area contributed by atoms with E-state index in [0.717, 1.165) is 20.7 Å². The van der Waals surface area contributed by atoms with Crippen LogP contribution < -0.4 is 0 Å². The van der Waals surface area contributed by atoms with Gasteiger partial charge < -0.3 is 4.90 Å². The molecule has 0 spiro atoms. The SMILES string of the molecule is Cc1n[nH]c(C)c1C(=O)N(C)Cc1csc(Br)c1. The Balaban J connectivity index is 2.14. The normalized spacial score (nSPS) is 10.7. The van der Waals surface area contributed by atoms with Gasteiger partial charge in [0.05, 0.1) is 15.0 Å². The number of thiophene rings is 1. The number of hydrogen-bond donors (Lipinski definition) is 1. The summed E-state index contributed by atoms with van der Waals surface area (Å²) in [6, 6.07) is 2.03. The molecule has 0 aromatic carbocycles. The summed E-state index contributed by atoms with van der Waals surface area (Å²) >= 11 is 5.04. The molecule has 0 saturated carbocycles. The molecule has 0 unspecified atom stereocenters. The number of aromatic nitrogens is 2. The lowest BCUT2D eigenvalue weighted by Gasteiger charge is -2.16. The maximum absolute atomic E-state index is 12.3. The number of carbonyl (C=O) groups is 1. The highest BCUT2D eigenvalue weighted by Crippen LogP contribution is 2.22. The third-order valence-corrected chi connectivity index (χ3v) is 4.28. The fourth-order valence-corrected chi connectivity index (χ4v) is 3.03. The van der Waals surface area contributed by atoms with E-state index in [1.807, 2.05) is 25.3 Å². The average Bonchev–Trinajstić information content (AvgIpc) is 2.85. The first-order valence-corrected chi connectivity index (χ1v) is 7.16. The van der Waals surface area contributed by atoms with Crippen molar-refractivity contribution in [2.75, 3.05) is 7.05 Å². The molecule has 18 heavy (non-hydrogen) atoms. The zero-order valence-corrected chi connectivity index (χ0v) is 12.9. The molecular weight excluding hydrogens is 314 g/mol. The molecule has 2 aromatic rings. The minimum Gasteiger partial charge on any atom is -0.337 e. The molecule has 1 N–H and O–H groups in total. The van der Waals surface area contributed by atoms with Gasteiger partial charge in [-0.15, -0.1) is 11.3 Å². The van der Waals surface area contributed by atoms with E-state index in [1.54, 1.807) is 23.3 Å². The molecule has 0 bridgehead atoms. The second-order valence-electron chi connectivity index (χ2n) is 4.23. The van der Waals surface area contributed by atoms with Crippen molar-refractivity contribution in [2.45, 2.75) is 20.4 Å². The Morgan fingerprint density at radius 3 is 2.78 bits per heavy atom. The predicted molar refractivity (Wildman–Crippen MR) is 75.9 cm³/mol. The summed E-state index contributed by atoms with van der Waals surface area (Å²) < 4.78 is 1.08. The molecule has 6 heteroatoms. The van der Waals surface area contributed by atoms with E-state index < -0.39 is 0 Å². The van der Waals surface area contributed by atoms with E-state index in [0.29, 0.717) is 12.1 Å². The van der Waals surface area contributed by atoms with Crippen molar-refractivity contribution in [3.05, 3.63) is 37.7 Å². The number of hydrogen-bond acceptors (Lipinski definition) is 3. The summed E-state index contributed by atoms with van der Waals surface area (Å²) in [6.45, 7) is 4.30. The van der Waals surface area contributed by atoms with Crippen molar-refractivity contribution in [3.8, 4) is 0 Å². The zero-order valence-electron chi connectivity index (χ0n) is 10.5. The monoisotopic (exact) mass is 327 g/mol. The molecule has 0 fully saturated rings. The van der Waals surface area contributed by atoms with Crippen LogP contribution in [0.4, 0.5) is 0 Å². The van der Waals surface area contributed by atoms with Crippen molar-refractivity contribution in [1.82, 2.24) is 15.1 Å². The summed E-state index contributed by atoms with van der Waals surface area (Å²) in [5, 5.41) is 8.94. The average molecular weight is 328 g/mol. The van der Waals surface area contributed by atoms with Gasteiger partial charge in [0, 0.05) is 19.3 Å². The van der Waals surface area contributed by atoms with Crippen molar-refractivity contribution in [2.24, 2.45) is 0 Å². The van der Waals surface area contributed by atoms with E-state index >= 15 is 0 Å². The number of nitrogens with one attached hydrogen (secondary N) is 1. The van der Waals surface area contributed by atoms with Gasteiger partial charge in [0.2, 0.25) is 0 Å². The van der Waals surface area contributed by atoms with Crippen molar-refractivity contribution in [1.29, 1.82) is 0 Å². The molecule has 0 radical (unpaired) electrons. The maximum Gasteiger partial charge on any atom is 0.257 e. The molecule has 4 nitrogen and oxygen atoms in total. The Labute approximate surface area is 118 Å². The second kappa shape index (κ2) is 5.24. The molecule has 0 atom stereocenters. The highest BCUT2D eigenvalue weighted by molar-refractivity contribution is 9.11. The summed E-state index contributed by atoms with van der Waals surface area (Å²) in [6.07, 6.45) is 0. The second-order valence-corrected chi connectivity index (χ2v) is 6.52. The Hall–Kier alpha value is -1.14. The van der Waals surface area contributed by atoms with Gasteiger partial charge in [-0.05, 0) is 46.8 Å². The number of carbonyl (C=O) groups excluding carboxylic acids is 1. The highest BCUT2D eigenvalue weighted by Gasteiger charge is 2.19. The van der Waals surface area contributed by atoms with Crippen LogP contribution in [-0.4, -0.2) is 28.1 Å². The smallest absolute Gasteiger partial charge is 0.257 e. The van der Waals surface area contributed by atoms with Crippen LogP contribution in [0, 0.1) is 13.8 Å². The fourth-order valence-electron chi connectivity index (χ4n) is 1.83. The first kappa shape index (κ1) is 13.3. The van der Waals surface area contributed by atoms with E-state index in [9.17, 15) is 4.79 Å². The van der Waals surface area contributed by atoms with Crippen LogP contribution in [0.1, 0.15) is 27.3 Å². The van der Waals surface area contributed by atoms with Crippen LogP contribution in [0.25, 0.3) is 0 Å². The van der Waals surface area contributed by atoms with Gasteiger partial charge in [-0.3, -0.25) is 9.89 Å². The van der Waals surface area contributed by atoms with Crippen molar-refractivity contribution in [3.63, 3.8) is 0 Å². The lowest BCUT2D eigenvalue weighted by molar-refractivity contribution is 0.0784. The lowest BCUT2D eigenvalue weighted by atomic mass is 10.1.